The monoisotopic (exact) mass is 234 g/mol. The van der Waals surface area contributed by atoms with Gasteiger partial charge in [0.2, 0.25) is 0 Å². The number of hydrogen-bond donors (Lipinski definition) is 2. The average molecular weight is 234 g/mol. The van der Waals surface area contributed by atoms with E-state index < -0.39 is 5.97 Å². The molecule has 0 aliphatic carbocycles. The molecule has 4 heteroatoms. The molecule has 1 heterocycles. The van der Waals surface area contributed by atoms with Gasteiger partial charge in [-0.2, -0.15) is 0 Å². The van der Waals surface area contributed by atoms with Crippen molar-refractivity contribution < 1.29 is 19.7 Å². The highest BCUT2D eigenvalue weighted by molar-refractivity contribution is 5.83. The van der Waals surface area contributed by atoms with Crippen molar-refractivity contribution in [2.24, 2.45) is 0 Å². The summed E-state index contributed by atoms with van der Waals surface area (Å²) >= 11 is 0. The fraction of sp³-hybridized carbons (Fsp3) is 0.308. The van der Waals surface area contributed by atoms with Gasteiger partial charge in [0.1, 0.15) is 17.6 Å². The summed E-state index contributed by atoms with van der Waals surface area (Å²) in [7, 11) is 0. The third-order valence-corrected chi connectivity index (χ3v) is 2.70. The number of hydrogen-bond acceptors (Lipinski definition) is 4. The summed E-state index contributed by atoms with van der Waals surface area (Å²) in [6.45, 7) is 0. The summed E-state index contributed by atoms with van der Waals surface area (Å²) in [5.74, 6) is -0.167. The first kappa shape index (κ1) is 11.5. The number of cyclic esters (lactones) is 1. The Kier molecular flexibility index (Phi) is 3.32. The summed E-state index contributed by atoms with van der Waals surface area (Å²) in [6.07, 6.45) is 2.63. The Hall–Kier alpha value is -1.97. The van der Waals surface area contributed by atoms with Crippen LogP contribution in [0.2, 0.25) is 0 Å². The second kappa shape index (κ2) is 4.91. The van der Waals surface area contributed by atoms with Gasteiger partial charge in [0.25, 0.3) is 0 Å². The number of ether oxygens (including phenoxy) is 1. The number of aromatic hydroxyl groups is 1. The molecule has 0 spiro atoms. The third kappa shape index (κ3) is 3.24. The quantitative estimate of drug-likeness (QED) is 0.786. The molecule has 2 N–H and O–H groups in total. The number of aliphatic hydroxyl groups excluding tert-OH is 1. The molecule has 17 heavy (non-hydrogen) atoms. The normalized spacial score (nSPS) is 19.6. The summed E-state index contributed by atoms with van der Waals surface area (Å²) < 4.78 is 5.08. The van der Waals surface area contributed by atoms with Crippen LogP contribution >= 0.6 is 0 Å². The molecule has 1 aliphatic heterocycles. The Bertz CT molecular complexity index is 433. The van der Waals surface area contributed by atoms with Crippen LogP contribution in [-0.4, -0.2) is 22.3 Å². The first-order valence-corrected chi connectivity index (χ1v) is 5.51. The van der Waals surface area contributed by atoms with E-state index in [2.05, 4.69) is 0 Å². The van der Waals surface area contributed by atoms with E-state index in [1.165, 1.54) is 0 Å². The van der Waals surface area contributed by atoms with E-state index >= 15 is 0 Å². The molecule has 0 amide bonds. The molecule has 0 aromatic heterocycles. The minimum absolute atomic E-state index is 0.0805. The van der Waals surface area contributed by atoms with Crippen molar-refractivity contribution in [1.82, 2.24) is 0 Å². The molecule has 1 atom stereocenters. The van der Waals surface area contributed by atoms with E-state index in [-0.39, 0.29) is 17.6 Å². The van der Waals surface area contributed by atoms with E-state index in [9.17, 15) is 9.90 Å². The van der Waals surface area contributed by atoms with Crippen molar-refractivity contribution >= 4 is 5.97 Å². The molecule has 1 aromatic rings. The van der Waals surface area contributed by atoms with Gasteiger partial charge in [-0.3, -0.25) is 0 Å². The molecule has 0 bridgehead atoms. The molecule has 1 aliphatic rings. The highest BCUT2D eigenvalue weighted by atomic mass is 16.5. The lowest BCUT2D eigenvalue weighted by Crippen LogP contribution is -2.23. The lowest BCUT2D eigenvalue weighted by Gasteiger charge is -2.20. The molecular weight excluding hydrogens is 220 g/mol. The molecule has 1 unspecified atom stereocenters. The van der Waals surface area contributed by atoms with Crippen LogP contribution in [0.4, 0.5) is 0 Å². The lowest BCUT2D eigenvalue weighted by molar-refractivity contribution is -0.145. The third-order valence-electron chi connectivity index (χ3n) is 2.70. The Morgan fingerprint density at radius 2 is 1.94 bits per heavy atom. The first-order valence-electron chi connectivity index (χ1n) is 5.51. The highest BCUT2D eigenvalue weighted by Crippen LogP contribution is 2.19. The predicted octanol–water partition coefficient (Wildman–Crippen LogP) is 2.08. The standard InChI is InChI=1S/C13H14O4/c14-10-4-1-9(2-5-10)3-6-12-7-11(15)8-13(16)17-12/h1-2,4-5,8,12,14-15H,3,6-7H2. The van der Waals surface area contributed by atoms with Gasteiger partial charge in [0, 0.05) is 6.42 Å². The van der Waals surface area contributed by atoms with E-state index in [1.54, 1.807) is 12.1 Å². The zero-order chi connectivity index (χ0) is 12.3. The van der Waals surface area contributed by atoms with E-state index in [0.717, 1.165) is 18.1 Å². The highest BCUT2D eigenvalue weighted by Gasteiger charge is 2.20. The van der Waals surface area contributed by atoms with Crippen molar-refractivity contribution in [2.75, 3.05) is 0 Å². The van der Waals surface area contributed by atoms with Gasteiger partial charge < -0.3 is 14.9 Å². The summed E-state index contributed by atoms with van der Waals surface area (Å²) in [4.78, 5) is 11.0. The van der Waals surface area contributed by atoms with Gasteiger partial charge in [-0.1, -0.05) is 12.1 Å². The number of carbonyl (C=O) groups excluding carboxylic acids is 1. The molecule has 0 radical (unpaired) electrons. The number of aliphatic hydroxyl groups is 1. The van der Waals surface area contributed by atoms with Crippen molar-refractivity contribution in [3.05, 3.63) is 41.7 Å². The van der Waals surface area contributed by atoms with E-state index in [0.29, 0.717) is 12.8 Å². The Morgan fingerprint density at radius 3 is 2.59 bits per heavy atom. The van der Waals surface area contributed by atoms with Crippen LogP contribution in [0.5, 0.6) is 5.75 Å². The maximum absolute atomic E-state index is 11.0. The van der Waals surface area contributed by atoms with Crippen LogP contribution in [0, 0.1) is 0 Å². The summed E-state index contributed by atoms with van der Waals surface area (Å²) in [6, 6.07) is 6.91. The number of carbonyl (C=O) groups is 1. The van der Waals surface area contributed by atoms with E-state index in [4.69, 9.17) is 9.84 Å². The van der Waals surface area contributed by atoms with Crippen LogP contribution in [0.25, 0.3) is 0 Å². The Balaban J connectivity index is 1.88. The van der Waals surface area contributed by atoms with Gasteiger partial charge in [-0.05, 0) is 30.5 Å². The lowest BCUT2D eigenvalue weighted by atomic mass is 10.0. The number of phenols is 1. The number of benzene rings is 1. The van der Waals surface area contributed by atoms with Crippen molar-refractivity contribution in [1.29, 1.82) is 0 Å². The van der Waals surface area contributed by atoms with Crippen LogP contribution in [-0.2, 0) is 16.0 Å². The van der Waals surface area contributed by atoms with Gasteiger partial charge in [-0.15, -0.1) is 0 Å². The fourth-order valence-corrected chi connectivity index (χ4v) is 1.82. The van der Waals surface area contributed by atoms with Crippen LogP contribution in [0.1, 0.15) is 18.4 Å². The molecule has 4 nitrogen and oxygen atoms in total. The first-order chi connectivity index (χ1) is 8.13. The smallest absolute Gasteiger partial charge is 0.334 e. The van der Waals surface area contributed by atoms with Gasteiger partial charge in [-0.25, -0.2) is 4.79 Å². The summed E-state index contributed by atoms with van der Waals surface area (Å²) in [5, 5.41) is 18.4. The molecular formula is C13H14O4. The van der Waals surface area contributed by atoms with Gasteiger partial charge in [0.05, 0.1) is 6.08 Å². The average Bonchev–Trinajstić information content (AvgIpc) is 2.27. The largest absolute Gasteiger partial charge is 0.512 e. The number of phenolic OH excluding ortho intramolecular Hbond substituents is 1. The minimum atomic E-state index is -0.482. The second-order valence-corrected chi connectivity index (χ2v) is 4.10. The zero-order valence-electron chi connectivity index (χ0n) is 9.30. The van der Waals surface area contributed by atoms with Crippen LogP contribution in [0.15, 0.2) is 36.1 Å². The summed E-state index contributed by atoms with van der Waals surface area (Å²) in [5.41, 5.74) is 1.06. The van der Waals surface area contributed by atoms with Crippen LogP contribution in [0.3, 0.4) is 0 Å². The molecule has 0 saturated carbocycles. The molecule has 0 fully saturated rings. The van der Waals surface area contributed by atoms with Crippen LogP contribution < -0.4 is 0 Å². The zero-order valence-corrected chi connectivity index (χ0v) is 9.30. The second-order valence-electron chi connectivity index (χ2n) is 4.10. The van der Waals surface area contributed by atoms with Crippen molar-refractivity contribution in [3.63, 3.8) is 0 Å². The maximum Gasteiger partial charge on any atom is 0.334 e. The molecule has 1 aromatic carbocycles. The Labute approximate surface area is 99.2 Å². The minimum Gasteiger partial charge on any atom is -0.512 e. The number of rotatable bonds is 3. The van der Waals surface area contributed by atoms with Gasteiger partial charge >= 0.3 is 5.97 Å². The molecule has 2 rings (SSSR count). The fourth-order valence-electron chi connectivity index (χ4n) is 1.82. The topological polar surface area (TPSA) is 66.8 Å². The predicted molar refractivity (Wildman–Crippen MR) is 61.6 cm³/mol. The molecule has 0 saturated heterocycles. The van der Waals surface area contributed by atoms with Crippen molar-refractivity contribution in [2.45, 2.75) is 25.4 Å². The van der Waals surface area contributed by atoms with Gasteiger partial charge in [0.15, 0.2) is 0 Å². The number of esters is 1. The molecule has 90 valence electrons. The van der Waals surface area contributed by atoms with Crippen molar-refractivity contribution in [3.8, 4) is 5.75 Å². The SMILES string of the molecule is O=C1C=C(O)CC(CCc2ccc(O)cc2)O1. The van der Waals surface area contributed by atoms with E-state index in [1.807, 2.05) is 12.1 Å². The maximum atomic E-state index is 11.0. The Morgan fingerprint density at radius 1 is 1.24 bits per heavy atom. The number of aryl methyl sites for hydroxylation is 1.